The minimum Gasteiger partial charge on any atom is -0.343 e. The van der Waals surface area contributed by atoms with E-state index >= 15 is 0 Å². The van der Waals surface area contributed by atoms with Gasteiger partial charge in [0, 0.05) is 37.3 Å². The van der Waals surface area contributed by atoms with Crippen LogP contribution >= 0.6 is 0 Å². The van der Waals surface area contributed by atoms with Crippen LogP contribution in [0.1, 0.15) is 39.5 Å². The molecule has 1 aromatic heterocycles. The Balaban J connectivity index is 1.58. The Morgan fingerprint density at radius 3 is 2.53 bits per heavy atom. The van der Waals surface area contributed by atoms with E-state index in [-0.39, 0.29) is 35.4 Å². The van der Waals surface area contributed by atoms with E-state index in [0.717, 1.165) is 19.1 Å². The zero-order chi connectivity index (χ0) is 26.0. The normalized spacial score (nSPS) is 16.3. The Bertz CT molecular complexity index is 1260. The Morgan fingerprint density at radius 2 is 1.86 bits per heavy atom. The Hall–Kier alpha value is -3.41. The summed E-state index contributed by atoms with van der Waals surface area (Å²) in [6.45, 7) is 4.74. The van der Waals surface area contributed by atoms with Gasteiger partial charge in [0.15, 0.2) is 15.7 Å². The molecule has 2 aliphatic rings. The molecule has 3 N–H and O–H groups in total. The molecule has 0 bridgehead atoms. The van der Waals surface area contributed by atoms with Crippen LogP contribution in [-0.4, -0.2) is 62.8 Å². The summed E-state index contributed by atoms with van der Waals surface area (Å²) in [6, 6.07) is 4.17. The van der Waals surface area contributed by atoms with Crippen LogP contribution in [0.25, 0.3) is 0 Å². The molecule has 1 aliphatic carbocycles. The van der Waals surface area contributed by atoms with Crippen molar-refractivity contribution in [3.63, 3.8) is 0 Å². The van der Waals surface area contributed by atoms with Gasteiger partial charge in [-0.15, -0.1) is 0 Å². The molecule has 1 saturated carbocycles. The minimum absolute atomic E-state index is 0.0382. The first-order valence-corrected chi connectivity index (χ1v) is 14.0. The van der Waals surface area contributed by atoms with Crippen LogP contribution in [0.4, 0.5) is 33.6 Å². The topological polar surface area (TPSA) is 137 Å². The number of anilines is 5. The number of nitrogens with zero attached hydrogens (tertiary/aromatic N) is 4. The van der Waals surface area contributed by atoms with Crippen molar-refractivity contribution in [3.05, 3.63) is 24.4 Å². The highest BCUT2D eigenvalue weighted by Gasteiger charge is 2.30. The van der Waals surface area contributed by atoms with Crippen molar-refractivity contribution in [2.45, 2.75) is 50.5 Å². The van der Waals surface area contributed by atoms with Crippen molar-refractivity contribution in [2.24, 2.45) is 5.92 Å². The molecule has 0 saturated heterocycles. The number of likely N-dealkylation sites (N-methyl/N-ethyl adjacent to an activating group) is 1. The molecule has 12 heteroatoms. The first kappa shape index (κ1) is 25.7. The summed E-state index contributed by atoms with van der Waals surface area (Å²) in [5, 5.41) is 8.67. The van der Waals surface area contributed by atoms with Gasteiger partial charge in [0.25, 0.3) is 0 Å². The number of nitrogens with one attached hydrogen (secondary N) is 3. The number of fused-ring (bicyclic) bond motifs is 1. The Kier molecular flexibility index (Phi) is 7.34. The van der Waals surface area contributed by atoms with Gasteiger partial charge in [0.05, 0.1) is 17.6 Å². The van der Waals surface area contributed by atoms with Crippen LogP contribution in [0.2, 0.25) is 0 Å². The van der Waals surface area contributed by atoms with Crippen LogP contribution in [0.15, 0.2) is 29.3 Å². The second-order valence-corrected chi connectivity index (χ2v) is 11.7. The maximum Gasteiger partial charge on any atom is 0.319 e. The molecule has 2 heterocycles. The van der Waals surface area contributed by atoms with E-state index in [0.29, 0.717) is 35.3 Å². The second kappa shape index (κ2) is 10.3. The van der Waals surface area contributed by atoms with Gasteiger partial charge in [0.2, 0.25) is 11.9 Å². The Morgan fingerprint density at radius 1 is 1.17 bits per heavy atom. The highest BCUT2D eigenvalue weighted by Crippen LogP contribution is 2.33. The highest BCUT2D eigenvalue weighted by molar-refractivity contribution is 7.90. The van der Waals surface area contributed by atoms with Gasteiger partial charge in [0.1, 0.15) is 5.69 Å². The van der Waals surface area contributed by atoms with E-state index in [1.54, 1.807) is 19.3 Å². The van der Waals surface area contributed by atoms with Crippen molar-refractivity contribution in [1.29, 1.82) is 0 Å². The van der Waals surface area contributed by atoms with E-state index < -0.39 is 9.84 Å². The van der Waals surface area contributed by atoms with Crippen LogP contribution < -0.4 is 25.8 Å². The lowest BCUT2D eigenvalue weighted by Crippen LogP contribution is -2.47. The predicted molar refractivity (Wildman–Crippen MR) is 140 cm³/mol. The highest BCUT2D eigenvalue weighted by atomic mass is 32.2. The number of carbonyl (C=O) groups is 2. The van der Waals surface area contributed by atoms with Crippen molar-refractivity contribution in [1.82, 2.24) is 15.3 Å². The van der Waals surface area contributed by atoms with Crippen molar-refractivity contribution >= 4 is 50.6 Å². The lowest BCUT2D eigenvalue weighted by atomic mass is 10.1. The summed E-state index contributed by atoms with van der Waals surface area (Å²) >= 11 is 0. The fourth-order valence-electron chi connectivity index (χ4n) is 4.48. The lowest BCUT2D eigenvalue weighted by Gasteiger charge is -2.36. The quantitative estimate of drug-likeness (QED) is 0.512. The zero-order valence-corrected chi connectivity index (χ0v) is 21.9. The van der Waals surface area contributed by atoms with Gasteiger partial charge < -0.3 is 25.8 Å². The van der Waals surface area contributed by atoms with E-state index in [2.05, 4.69) is 25.9 Å². The number of amides is 3. The molecule has 36 heavy (non-hydrogen) atoms. The molecule has 4 rings (SSSR count). The molecule has 2 aromatic rings. The third kappa shape index (κ3) is 5.86. The summed E-state index contributed by atoms with van der Waals surface area (Å²) in [5.41, 5.74) is 1.33. The Labute approximate surface area is 211 Å². The molecule has 0 atom stereocenters. The smallest absolute Gasteiger partial charge is 0.319 e. The van der Waals surface area contributed by atoms with Crippen LogP contribution in [0.5, 0.6) is 0 Å². The number of rotatable bonds is 7. The minimum atomic E-state index is -3.55. The molecule has 0 radical (unpaired) electrons. The number of aromatic nitrogens is 2. The third-order valence-electron chi connectivity index (χ3n) is 6.56. The molecular formula is C24H33N7O4S. The maximum atomic E-state index is 12.5. The fraction of sp³-hybridized carbons (Fsp3) is 0.500. The summed E-state index contributed by atoms with van der Waals surface area (Å²) in [4.78, 5) is 37.2. The third-order valence-corrected chi connectivity index (χ3v) is 7.65. The van der Waals surface area contributed by atoms with Crippen molar-refractivity contribution in [2.75, 3.05) is 46.8 Å². The first-order chi connectivity index (χ1) is 17.0. The first-order valence-electron chi connectivity index (χ1n) is 12.1. The molecule has 194 valence electrons. The monoisotopic (exact) mass is 515 g/mol. The molecule has 1 aromatic carbocycles. The largest absolute Gasteiger partial charge is 0.343 e. The fourth-order valence-corrected chi connectivity index (χ4v) is 5.16. The standard InChI is InChI=1S/C24H33N7O4S/c1-15(2)31-14-21(32)30(3)20-13-25-23(29-22(20)31)27-17-9-18(11-19(10-17)36(4,34)35)28-24(33)26-12-16-7-5-6-8-16/h9-11,13,15-16H,5-8,12,14H2,1-4H3,(H,25,27,29)(H2,26,28,33). The van der Waals surface area contributed by atoms with Crippen LogP contribution in [0, 0.1) is 5.92 Å². The van der Waals surface area contributed by atoms with E-state index in [1.165, 1.54) is 29.9 Å². The van der Waals surface area contributed by atoms with Crippen molar-refractivity contribution in [3.8, 4) is 0 Å². The SMILES string of the molecule is CC(C)N1CC(=O)N(C)c2cnc(Nc3cc(NC(=O)NCC4CCCC4)cc(S(C)(=O)=O)c3)nc21. The van der Waals surface area contributed by atoms with Gasteiger partial charge in [-0.05, 0) is 50.8 Å². The maximum absolute atomic E-state index is 12.5. The number of urea groups is 1. The molecule has 1 fully saturated rings. The van der Waals surface area contributed by atoms with Gasteiger partial charge in [-0.1, -0.05) is 12.8 Å². The lowest BCUT2D eigenvalue weighted by molar-refractivity contribution is -0.117. The summed E-state index contributed by atoms with van der Waals surface area (Å²) in [7, 11) is -1.87. The van der Waals surface area contributed by atoms with Gasteiger partial charge in [-0.25, -0.2) is 18.2 Å². The van der Waals surface area contributed by atoms with Crippen LogP contribution in [-0.2, 0) is 14.6 Å². The van der Waals surface area contributed by atoms with E-state index in [9.17, 15) is 18.0 Å². The number of hydrogen-bond donors (Lipinski definition) is 3. The second-order valence-electron chi connectivity index (χ2n) is 9.71. The number of sulfone groups is 1. The number of benzene rings is 1. The van der Waals surface area contributed by atoms with E-state index in [1.807, 2.05) is 18.7 Å². The number of hydrogen-bond acceptors (Lipinski definition) is 8. The summed E-state index contributed by atoms with van der Waals surface area (Å²) < 4.78 is 24.6. The number of carbonyl (C=O) groups excluding carboxylic acids is 2. The van der Waals surface area contributed by atoms with Gasteiger partial charge in [-0.3, -0.25) is 4.79 Å². The van der Waals surface area contributed by atoms with E-state index in [4.69, 9.17) is 0 Å². The summed E-state index contributed by atoms with van der Waals surface area (Å²) in [6.07, 6.45) is 7.26. The molecular weight excluding hydrogens is 482 g/mol. The van der Waals surface area contributed by atoms with Crippen LogP contribution in [0.3, 0.4) is 0 Å². The molecule has 0 unspecified atom stereocenters. The van der Waals surface area contributed by atoms with Gasteiger partial charge in [-0.2, -0.15) is 4.98 Å². The summed E-state index contributed by atoms with van der Waals surface area (Å²) in [5.74, 6) is 1.28. The van der Waals surface area contributed by atoms with Gasteiger partial charge >= 0.3 is 6.03 Å². The average Bonchev–Trinajstić information content (AvgIpc) is 3.33. The molecule has 11 nitrogen and oxygen atoms in total. The average molecular weight is 516 g/mol. The molecule has 1 aliphatic heterocycles. The van der Waals surface area contributed by atoms with Crippen molar-refractivity contribution < 1.29 is 18.0 Å². The molecule has 3 amide bonds. The zero-order valence-electron chi connectivity index (χ0n) is 21.0. The molecule has 0 spiro atoms. The predicted octanol–water partition coefficient (Wildman–Crippen LogP) is 3.13.